The number of nitro groups is 1. The summed E-state index contributed by atoms with van der Waals surface area (Å²) in [7, 11) is 1.57. The highest BCUT2D eigenvalue weighted by molar-refractivity contribution is 5.55. The standard InChI is InChI=1S/C10H9N3O4/c1-16-8-4-2-7(3-5-8)10-11-9(17-12-10)6-13(14)15/h2-5H,6H2,1H3. The summed E-state index contributed by atoms with van der Waals surface area (Å²) >= 11 is 0. The highest BCUT2D eigenvalue weighted by Gasteiger charge is 2.12. The molecule has 7 heteroatoms. The molecule has 0 unspecified atom stereocenters. The Bertz CT molecular complexity index is 521. The predicted octanol–water partition coefficient (Wildman–Crippen LogP) is 1.52. The van der Waals surface area contributed by atoms with Crippen LogP contribution in [0.15, 0.2) is 28.8 Å². The van der Waals surface area contributed by atoms with Gasteiger partial charge in [-0.25, -0.2) is 0 Å². The Balaban J connectivity index is 2.21. The van der Waals surface area contributed by atoms with E-state index in [1.807, 2.05) is 0 Å². The Morgan fingerprint density at radius 3 is 2.71 bits per heavy atom. The SMILES string of the molecule is COc1ccc(-c2noc(C[N+](=O)[O-])n2)cc1. The molecule has 1 aromatic heterocycles. The largest absolute Gasteiger partial charge is 0.497 e. The summed E-state index contributed by atoms with van der Waals surface area (Å²) in [4.78, 5) is 13.7. The van der Waals surface area contributed by atoms with E-state index in [1.54, 1.807) is 31.4 Å². The summed E-state index contributed by atoms with van der Waals surface area (Å²) in [5.74, 6) is 1.02. The van der Waals surface area contributed by atoms with Crippen LogP contribution >= 0.6 is 0 Å². The van der Waals surface area contributed by atoms with Crippen molar-refractivity contribution in [2.24, 2.45) is 0 Å². The van der Waals surface area contributed by atoms with E-state index in [9.17, 15) is 10.1 Å². The van der Waals surface area contributed by atoms with E-state index in [1.165, 1.54) is 0 Å². The van der Waals surface area contributed by atoms with Crippen molar-refractivity contribution in [3.63, 3.8) is 0 Å². The topological polar surface area (TPSA) is 91.3 Å². The van der Waals surface area contributed by atoms with E-state index in [4.69, 9.17) is 9.26 Å². The number of aromatic nitrogens is 2. The number of hydrogen-bond acceptors (Lipinski definition) is 6. The third-order valence-electron chi connectivity index (χ3n) is 2.08. The van der Waals surface area contributed by atoms with E-state index in [-0.39, 0.29) is 5.89 Å². The lowest BCUT2D eigenvalue weighted by molar-refractivity contribution is -0.500. The van der Waals surface area contributed by atoms with E-state index in [2.05, 4.69) is 10.1 Å². The summed E-state index contributed by atoms with van der Waals surface area (Å²) < 4.78 is 9.76. The maximum atomic E-state index is 10.3. The normalized spacial score (nSPS) is 10.2. The average Bonchev–Trinajstić information content (AvgIpc) is 2.77. The van der Waals surface area contributed by atoms with Crippen molar-refractivity contribution in [3.8, 4) is 17.1 Å². The fourth-order valence-electron chi connectivity index (χ4n) is 1.29. The molecule has 0 amide bonds. The number of nitrogens with zero attached hydrogens (tertiary/aromatic N) is 3. The summed E-state index contributed by atoms with van der Waals surface area (Å²) in [6.07, 6.45) is 0. The van der Waals surface area contributed by atoms with Crippen LogP contribution in [0, 0.1) is 10.1 Å². The molecule has 0 saturated heterocycles. The molecule has 0 aliphatic carbocycles. The first-order chi connectivity index (χ1) is 8.19. The van der Waals surface area contributed by atoms with E-state index >= 15 is 0 Å². The molecule has 2 aromatic rings. The Hall–Kier alpha value is -2.44. The Morgan fingerprint density at radius 2 is 2.12 bits per heavy atom. The Kier molecular flexibility index (Phi) is 2.99. The van der Waals surface area contributed by atoms with Gasteiger partial charge in [0.05, 0.1) is 7.11 Å². The van der Waals surface area contributed by atoms with Crippen LogP contribution in [0.3, 0.4) is 0 Å². The quantitative estimate of drug-likeness (QED) is 0.589. The molecule has 1 aromatic carbocycles. The first-order valence-electron chi connectivity index (χ1n) is 4.78. The van der Waals surface area contributed by atoms with Crippen LogP contribution in [0.4, 0.5) is 0 Å². The molecule has 0 aliphatic rings. The monoisotopic (exact) mass is 235 g/mol. The first kappa shape index (κ1) is 11.1. The highest BCUT2D eigenvalue weighted by atomic mass is 16.6. The molecular formula is C10H9N3O4. The van der Waals surface area contributed by atoms with Crippen molar-refractivity contribution >= 4 is 0 Å². The molecule has 0 spiro atoms. The smallest absolute Gasteiger partial charge is 0.298 e. The third kappa shape index (κ3) is 2.57. The van der Waals surface area contributed by atoms with Gasteiger partial charge < -0.3 is 9.26 Å². The van der Waals surface area contributed by atoms with Crippen molar-refractivity contribution in [3.05, 3.63) is 40.3 Å². The van der Waals surface area contributed by atoms with Gasteiger partial charge in [0.2, 0.25) is 5.82 Å². The fraction of sp³-hybridized carbons (Fsp3) is 0.200. The lowest BCUT2D eigenvalue weighted by Gasteiger charge is -1.98. The number of methoxy groups -OCH3 is 1. The molecule has 1 heterocycles. The maximum Gasteiger partial charge on any atom is 0.298 e. The molecule has 88 valence electrons. The molecule has 0 N–H and O–H groups in total. The van der Waals surface area contributed by atoms with Crippen molar-refractivity contribution in [1.82, 2.24) is 10.1 Å². The van der Waals surface area contributed by atoms with Crippen LogP contribution in [0.25, 0.3) is 11.4 Å². The van der Waals surface area contributed by atoms with E-state index in [0.717, 1.165) is 0 Å². The van der Waals surface area contributed by atoms with Gasteiger partial charge in [0.15, 0.2) is 0 Å². The summed E-state index contributed by atoms with van der Waals surface area (Å²) in [6.45, 7) is -0.469. The second kappa shape index (κ2) is 4.60. The second-order valence-electron chi connectivity index (χ2n) is 3.23. The molecular weight excluding hydrogens is 226 g/mol. The highest BCUT2D eigenvalue weighted by Crippen LogP contribution is 2.19. The zero-order valence-electron chi connectivity index (χ0n) is 8.99. The van der Waals surface area contributed by atoms with Crippen LogP contribution in [0.1, 0.15) is 5.89 Å². The Morgan fingerprint density at radius 1 is 1.41 bits per heavy atom. The van der Waals surface area contributed by atoms with Crippen molar-refractivity contribution < 1.29 is 14.2 Å². The number of ether oxygens (including phenoxy) is 1. The molecule has 0 bridgehead atoms. The van der Waals surface area contributed by atoms with Crippen LogP contribution in [-0.4, -0.2) is 22.2 Å². The van der Waals surface area contributed by atoms with Gasteiger partial charge in [-0.05, 0) is 24.3 Å². The van der Waals surface area contributed by atoms with Gasteiger partial charge in [0.25, 0.3) is 12.4 Å². The molecule has 0 fully saturated rings. The van der Waals surface area contributed by atoms with Crippen molar-refractivity contribution in [1.29, 1.82) is 0 Å². The fourth-order valence-corrected chi connectivity index (χ4v) is 1.29. The van der Waals surface area contributed by atoms with Gasteiger partial charge in [0, 0.05) is 10.5 Å². The maximum absolute atomic E-state index is 10.3. The van der Waals surface area contributed by atoms with Gasteiger partial charge in [-0.15, -0.1) is 0 Å². The van der Waals surface area contributed by atoms with Crippen molar-refractivity contribution in [2.75, 3.05) is 7.11 Å². The first-order valence-corrected chi connectivity index (χ1v) is 4.78. The summed E-state index contributed by atoms with van der Waals surface area (Å²) in [5.41, 5.74) is 0.712. The van der Waals surface area contributed by atoms with Crippen LogP contribution in [0.2, 0.25) is 0 Å². The molecule has 0 radical (unpaired) electrons. The number of rotatable bonds is 4. The minimum Gasteiger partial charge on any atom is -0.497 e. The van der Waals surface area contributed by atoms with Crippen LogP contribution < -0.4 is 4.74 Å². The number of hydrogen-bond donors (Lipinski definition) is 0. The second-order valence-corrected chi connectivity index (χ2v) is 3.23. The molecule has 0 atom stereocenters. The van der Waals surface area contributed by atoms with Crippen LogP contribution in [-0.2, 0) is 6.54 Å². The van der Waals surface area contributed by atoms with Gasteiger partial charge in [-0.2, -0.15) is 4.98 Å². The zero-order chi connectivity index (χ0) is 12.3. The Labute approximate surface area is 96.2 Å². The van der Waals surface area contributed by atoms with E-state index < -0.39 is 11.5 Å². The zero-order valence-corrected chi connectivity index (χ0v) is 8.99. The summed E-state index contributed by atoms with van der Waals surface area (Å²) in [6, 6.07) is 7.00. The predicted molar refractivity (Wildman–Crippen MR) is 57.0 cm³/mol. The molecule has 0 aliphatic heterocycles. The minimum atomic E-state index is -0.523. The lowest BCUT2D eigenvalue weighted by Crippen LogP contribution is -1.97. The van der Waals surface area contributed by atoms with Crippen LogP contribution in [0.5, 0.6) is 5.75 Å². The molecule has 7 nitrogen and oxygen atoms in total. The summed E-state index contributed by atoms with van der Waals surface area (Å²) in [5, 5.41) is 13.9. The van der Waals surface area contributed by atoms with E-state index in [0.29, 0.717) is 17.1 Å². The third-order valence-corrected chi connectivity index (χ3v) is 2.08. The van der Waals surface area contributed by atoms with Gasteiger partial charge in [-0.3, -0.25) is 10.1 Å². The molecule has 0 saturated carbocycles. The molecule has 17 heavy (non-hydrogen) atoms. The molecule has 2 rings (SSSR count). The van der Waals surface area contributed by atoms with Gasteiger partial charge in [-0.1, -0.05) is 5.16 Å². The average molecular weight is 235 g/mol. The lowest BCUT2D eigenvalue weighted by atomic mass is 10.2. The minimum absolute atomic E-state index is 0.0131. The number of benzene rings is 1. The van der Waals surface area contributed by atoms with Gasteiger partial charge >= 0.3 is 0 Å². The van der Waals surface area contributed by atoms with Gasteiger partial charge in [0.1, 0.15) is 5.75 Å². The van der Waals surface area contributed by atoms with Crippen molar-refractivity contribution in [2.45, 2.75) is 6.54 Å².